The van der Waals surface area contributed by atoms with E-state index in [2.05, 4.69) is 29.6 Å². The summed E-state index contributed by atoms with van der Waals surface area (Å²) in [4.78, 5) is 0. The van der Waals surface area contributed by atoms with E-state index in [0.717, 1.165) is 30.7 Å². The summed E-state index contributed by atoms with van der Waals surface area (Å²) < 4.78 is 5.46. The molecule has 1 aliphatic carbocycles. The summed E-state index contributed by atoms with van der Waals surface area (Å²) in [5.41, 5.74) is 4.00. The molecule has 0 saturated carbocycles. The predicted molar refractivity (Wildman–Crippen MR) is 82.0 cm³/mol. The van der Waals surface area contributed by atoms with Crippen molar-refractivity contribution in [3.63, 3.8) is 0 Å². The number of nitriles is 1. The molecule has 2 aromatic rings. The molecule has 0 aliphatic heterocycles. The number of rotatable bonds is 5. The monoisotopic (exact) mass is 278 g/mol. The van der Waals surface area contributed by atoms with Crippen LogP contribution < -0.4 is 10.1 Å². The number of nitrogens with zero attached hydrogens (tertiary/aromatic N) is 1. The summed E-state index contributed by atoms with van der Waals surface area (Å²) in [6, 6.07) is 19.0. The van der Waals surface area contributed by atoms with Crippen LogP contribution in [0.3, 0.4) is 0 Å². The number of ether oxygens (including phenoxy) is 1. The lowest BCUT2D eigenvalue weighted by Gasteiger charge is -2.14. The topological polar surface area (TPSA) is 45.0 Å². The van der Waals surface area contributed by atoms with Crippen molar-refractivity contribution in [2.75, 3.05) is 6.61 Å². The average Bonchev–Trinajstić information content (AvgIpc) is 2.94. The van der Waals surface area contributed by atoms with E-state index < -0.39 is 0 Å². The van der Waals surface area contributed by atoms with Crippen molar-refractivity contribution in [3.05, 3.63) is 65.2 Å². The van der Waals surface area contributed by atoms with Gasteiger partial charge in [0, 0.05) is 18.2 Å². The number of fused-ring (bicyclic) bond motifs is 1. The third-order valence-corrected chi connectivity index (χ3v) is 3.90. The molecule has 0 saturated heterocycles. The molecule has 0 radical (unpaired) electrons. The Bertz CT molecular complexity index is 635. The van der Waals surface area contributed by atoms with Crippen LogP contribution in [0.2, 0.25) is 0 Å². The fourth-order valence-electron chi connectivity index (χ4n) is 2.86. The van der Waals surface area contributed by atoms with Gasteiger partial charge in [0.1, 0.15) is 11.8 Å². The van der Waals surface area contributed by atoms with Crippen LogP contribution >= 0.6 is 0 Å². The molecule has 1 aliphatic rings. The van der Waals surface area contributed by atoms with Crippen LogP contribution in [0.15, 0.2) is 48.5 Å². The predicted octanol–water partition coefficient (Wildman–Crippen LogP) is 2.85. The first-order valence-corrected chi connectivity index (χ1v) is 7.24. The van der Waals surface area contributed by atoms with Crippen molar-refractivity contribution in [2.24, 2.45) is 0 Å². The first-order chi connectivity index (χ1) is 10.4. The summed E-state index contributed by atoms with van der Waals surface area (Å²) in [6.07, 6.45) is 2.16. The van der Waals surface area contributed by atoms with Gasteiger partial charge in [-0.05, 0) is 30.0 Å². The summed E-state index contributed by atoms with van der Waals surface area (Å²) in [5, 5.41) is 12.2. The number of hydrogen-bond acceptors (Lipinski definition) is 3. The molecule has 0 bridgehead atoms. The molecule has 3 nitrogen and oxygen atoms in total. The smallest absolute Gasteiger partial charge is 0.174 e. The third-order valence-electron chi connectivity index (χ3n) is 3.90. The van der Waals surface area contributed by atoms with E-state index in [1.54, 1.807) is 0 Å². The van der Waals surface area contributed by atoms with Gasteiger partial charge in [-0.1, -0.05) is 42.5 Å². The summed E-state index contributed by atoms with van der Waals surface area (Å²) >= 11 is 0. The van der Waals surface area contributed by atoms with Crippen molar-refractivity contribution < 1.29 is 4.74 Å². The van der Waals surface area contributed by atoms with Crippen molar-refractivity contribution in [1.29, 1.82) is 5.26 Å². The number of benzene rings is 2. The Balaban J connectivity index is 1.61. The Morgan fingerprint density at radius 3 is 2.43 bits per heavy atom. The summed E-state index contributed by atoms with van der Waals surface area (Å²) in [6.45, 7) is 0.853. The van der Waals surface area contributed by atoms with Gasteiger partial charge in [0.05, 0.1) is 0 Å². The molecule has 106 valence electrons. The SMILES string of the molecule is N#CCOc1ccccc1CNC1Cc2ccccc2C1. The van der Waals surface area contributed by atoms with E-state index >= 15 is 0 Å². The Morgan fingerprint density at radius 2 is 1.71 bits per heavy atom. The Morgan fingerprint density at radius 1 is 1.05 bits per heavy atom. The molecule has 3 heteroatoms. The average molecular weight is 278 g/mol. The molecule has 0 unspecified atom stereocenters. The van der Waals surface area contributed by atoms with Crippen molar-refractivity contribution >= 4 is 0 Å². The van der Waals surface area contributed by atoms with Crippen LogP contribution in [-0.2, 0) is 19.4 Å². The van der Waals surface area contributed by atoms with Gasteiger partial charge in [0.15, 0.2) is 6.61 Å². The zero-order valence-corrected chi connectivity index (χ0v) is 11.9. The highest BCUT2D eigenvalue weighted by molar-refractivity contribution is 5.35. The first kappa shape index (κ1) is 13.7. The van der Waals surface area contributed by atoms with E-state index in [9.17, 15) is 0 Å². The molecule has 0 atom stereocenters. The van der Waals surface area contributed by atoms with Gasteiger partial charge in [-0.2, -0.15) is 5.26 Å². The standard InChI is InChI=1S/C18H18N2O/c19-9-10-21-18-8-4-3-7-16(18)13-20-17-11-14-5-1-2-6-15(14)12-17/h1-8,17,20H,10-13H2. The second-order valence-electron chi connectivity index (χ2n) is 5.31. The van der Waals surface area contributed by atoms with E-state index in [0.29, 0.717) is 6.04 Å². The highest BCUT2D eigenvalue weighted by Crippen LogP contribution is 2.23. The maximum Gasteiger partial charge on any atom is 0.174 e. The molecule has 21 heavy (non-hydrogen) atoms. The summed E-state index contributed by atoms with van der Waals surface area (Å²) in [5.74, 6) is 0.794. The van der Waals surface area contributed by atoms with Crippen molar-refractivity contribution in [2.45, 2.75) is 25.4 Å². The second kappa shape index (κ2) is 6.43. The van der Waals surface area contributed by atoms with Gasteiger partial charge < -0.3 is 10.1 Å². The molecule has 2 aromatic carbocycles. The van der Waals surface area contributed by atoms with Crippen molar-refractivity contribution in [1.82, 2.24) is 5.32 Å². The van der Waals surface area contributed by atoms with Crippen LogP contribution in [0.5, 0.6) is 5.75 Å². The molecule has 0 aromatic heterocycles. The van der Waals surface area contributed by atoms with Gasteiger partial charge in [0.25, 0.3) is 0 Å². The second-order valence-corrected chi connectivity index (χ2v) is 5.31. The van der Waals surface area contributed by atoms with E-state index in [1.165, 1.54) is 11.1 Å². The lowest BCUT2D eigenvalue weighted by atomic mass is 10.1. The van der Waals surface area contributed by atoms with E-state index in [1.807, 2.05) is 30.3 Å². The fourth-order valence-corrected chi connectivity index (χ4v) is 2.86. The zero-order valence-electron chi connectivity index (χ0n) is 11.9. The van der Waals surface area contributed by atoms with Gasteiger partial charge >= 0.3 is 0 Å². The Labute approximate surface area is 125 Å². The minimum atomic E-state index is 0.0892. The minimum Gasteiger partial charge on any atom is -0.478 e. The van der Waals surface area contributed by atoms with Gasteiger partial charge in [-0.15, -0.1) is 0 Å². The van der Waals surface area contributed by atoms with Crippen LogP contribution in [-0.4, -0.2) is 12.6 Å². The molecular formula is C18H18N2O. The molecule has 1 N–H and O–H groups in total. The zero-order chi connectivity index (χ0) is 14.5. The molecule has 3 rings (SSSR count). The van der Waals surface area contributed by atoms with Crippen LogP contribution in [0, 0.1) is 11.3 Å². The van der Waals surface area contributed by atoms with Crippen LogP contribution in [0.25, 0.3) is 0 Å². The summed E-state index contributed by atoms with van der Waals surface area (Å²) in [7, 11) is 0. The first-order valence-electron chi connectivity index (χ1n) is 7.24. The highest BCUT2D eigenvalue weighted by atomic mass is 16.5. The fraction of sp³-hybridized carbons (Fsp3) is 0.278. The van der Waals surface area contributed by atoms with Gasteiger partial charge in [0.2, 0.25) is 0 Å². The van der Waals surface area contributed by atoms with Crippen molar-refractivity contribution in [3.8, 4) is 11.8 Å². The quantitative estimate of drug-likeness (QED) is 0.914. The number of nitrogens with one attached hydrogen (secondary N) is 1. The molecule has 0 spiro atoms. The van der Waals surface area contributed by atoms with Gasteiger partial charge in [-0.3, -0.25) is 0 Å². The normalized spacial score (nSPS) is 13.7. The lowest BCUT2D eigenvalue weighted by Crippen LogP contribution is -2.29. The molecule has 0 fully saturated rings. The van der Waals surface area contributed by atoms with E-state index in [-0.39, 0.29) is 6.61 Å². The third kappa shape index (κ3) is 3.24. The van der Waals surface area contributed by atoms with Crippen LogP contribution in [0.1, 0.15) is 16.7 Å². The maximum absolute atomic E-state index is 8.63. The highest BCUT2D eigenvalue weighted by Gasteiger charge is 2.20. The molecule has 0 heterocycles. The maximum atomic E-state index is 8.63. The number of para-hydroxylation sites is 1. The Kier molecular flexibility index (Phi) is 4.18. The largest absolute Gasteiger partial charge is 0.478 e. The Hall–Kier alpha value is -2.31. The van der Waals surface area contributed by atoms with Gasteiger partial charge in [-0.25, -0.2) is 0 Å². The number of hydrogen-bond donors (Lipinski definition) is 1. The molecular weight excluding hydrogens is 260 g/mol. The van der Waals surface area contributed by atoms with Crippen LogP contribution in [0.4, 0.5) is 0 Å². The molecule has 0 amide bonds. The minimum absolute atomic E-state index is 0.0892. The van der Waals surface area contributed by atoms with E-state index in [4.69, 9.17) is 10.00 Å². The lowest BCUT2D eigenvalue weighted by molar-refractivity contribution is 0.361.